The molecule has 3 heteroatoms. The first-order valence-corrected chi connectivity index (χ1v) is 7.48. The number of nitrogens with two attached hydrogens (primary N) is 1. The van der Waals surface area contributed by atoms with Gasteiger partial charge in [0, 0.05) is 0 Å². The third-order valence-electron chi connectivity index (χ3n) is 4.22. The van der Waals surface area contributed by atoms with Crippen molar-refractivity contribution in [2.24, 2.45) is 17.1 Å². The summed E-state index contributed by atoms with van der Waals surface area (Å²) in [6.45, 7) is 2.99. The summed E-state index contributed by atoms with van der Waals surface area (Å²) in [6.07, 6.45) is 5.74. The van der Waals surface area contributed by atoms with Crippen LogP contribution in [0.25, 0.3) is 0 Å². The van der Waals surface area contributed by atoms with Gasteiger partial charge in [-0.05, 0) is 64.7 Å². The Balaban J connectivity index is 2.22. The maximum atomic E-state index is 13.6. The Morgan fingerprint density at radius 2 is 2.28 bits per heavy atom. The van der Waals surface area contributed by atoms with Crippen molar-refractivity contribution >= 4 is 15.9 Å². The highest BCUT2D eigenvalue weighted by Crippen LogP contribution is 2.42. The third kappa shape index (κ3) is 2.94. The average molecular weight is 314 g/mol. The fraction of sp³-hybridized carbons (Fsp3) is 0.600. The zero-order valence-electron chi connectivity index (χ0n) is 10.9. The van der Waals surface area contributed by atoms with Crippen molar-refractivity contribution in [3.05, 3.63) is 34.1 Å². The van der Waals surface area contributed by atoms with Crippen LogP contribution in [-0.4, -0.2) is 6.54 Å². The van der Waals surface area contributed by atoms with Crippen molar-refractivity contribution in [3.8, 4) is 0 Å². The molecule has 0 amide bonds. The lowest BCUT2D eigenvalue weighted by molar-refractivity contribution is 0.153. The van der Waals surface area contributed by atoms with Crippen LogP contribution < -0.4 is 5.73 Å². The second kappa shape index (κ2) is 5.70. The predicted octanol–water partition coefficient (Wildman–Crippen LogP) is 4.29. The van der Waals surface area contributed by atoms with Crippen molar-refractivity contribution in [2.45, 2.75) is 39.0 Å². The summed E-state index contributed by atoms with van der Waals surface area (Å²) < 4.78 is 14.2. The topological polar surface area (TPSA) is 26.0 Å². The van der Waals surface area contributed by atoms with Crippen LogP contribution in [-0.2, 0) is 6.42 Å². The van der Waals surface area contributed by atoms with E-state index in [4.69, 9.17) is 5.73 Å². The standard InChI is InChI=1S/C15H21BrFN/c1-11-4-3-7-15(8-11,10-18)9-12-5-2-6-13(17)14(12)16/h2,5-6,11H,3-4,7-10,18H2,1H3. The van der Waals surface area contributed by atoms with Gasteiger partial charge >= 0.3 is 0 Å². The van der Waals surface area contributed by atoms with Gasteiger partial charge in [-0.1, -0.05) is 31.9 Å². The van der Waals surface area contributed by atoms with Crippen LogP contribution in [0.2, 0.25) is 0 Å². The molecule has 1 aliphatic rings. The number of benzene rings is 1. The van der Waals surface area contributed by atoms with E-state index >= 15 is 0 Å². The molecule has 18 heavy (non-hydrogen) atoms. The van der Waals surface area contributed by atoms with Gasteiger partial charge in [0.2, 0.25) is 0 Å². The van der Waals surface area contributed by atoms with E-state index in [2.05, 4.69) is 22.9 Å². The van der Waals surface area contributed by atoms with Crippen LogP contribution in [0.3, 0.4) is 0 Å². The molecule has 2 atom stereocenters. The second-order valence-corrected chi connectivity index (χ2v) is 6.59. The molecular formula is C15H21BrFN. The molecule has 2 rings (SSSR count). The van der Waals surface area contributed by atoms with Crippen LogP contribution in [0.15, 0.2) is 22.7 Å². The van der Waals surface area contributed by atoms with Gasteiger partial charge in [-0.3, -0.25) is 0 Å². The molecule has 0 bridgehead atoms. The fourth-order valence-corrected chi connectivity index (χ4v) is 3.68. The lowest BCUT2D eigenvalue weighted by Crippen LogP contribution is -2.37. The number of rotatable bonds is 3. The van der Waals surface area contributed by atoms with E-state index in [0.717, 1.165) is 30.7 Å². The monoisotopic (exact) mass is 313 g/mol. The summed E-state index contributed by atoms with van der Waals surface area (Å²) in [5.74, 6) is 0.554. The normalized spacial score (nSPS) is 28.3. The summed E-state index contributed by atoms with van der Waals surface area (Å²) in [5.41, 5.74) is 7.24. The molecular weight excluding hydrogens is 293 g/mol. The zero-order chi connectivity index (χ0) is 13.2. The van der Waals surface area contributed by atoms with E-state index in [-0.39, 0.29) is 11.2 Å². The molecule has 1 aliphatic carbocycles. The minimum Gasteiger partial charge on any atom is -0.330 e. The zero-order valence-corrected chi connectivity index (χ0v) is 12.5. The lowest BCUT2D eigenvalue weighted by Gasteiger charge is -2.39. The molecule has 1 nitrogen and oxygen atoms in total. The van der Waals surface area contributed by atoms with Crippen molar-refractivity contribution in [2.75, 3.05) is 6.54 Å². The van der Waals surface area contributed by atoms with E-state index < -0.39 is 0 Å². The van der Waals surface area contributed by atoms with Gasteiger partial charge in [-0.15, -0.1) is 0 Å². The molecule has 1 aromatic rings. The first kappa shape index (κ1) is 14.0. The Bertz CT molecular complexity index is 421. The molecule has 0 heterocycles. The molecule has 0 aliphatic heterocycles. The Hall–Kier alpha value is -0.410. The molecule has 0 aromatic heterocycles. The third-order valence-corrected chi connectivity index (χ3v) is 5.10. The quantitative estimate of drug-likeness (QED) is 0.885. The first-order chi connectivity index (χ1) is 8.56. The van der Waals surface area contributed by atoms with Gasteiger partial charge in [0.05, 0.1) is 4.47 Å². The van der Waals surface area contributed by atoms with E-state index in [9.17, 15) is 4.39 Å². The van der Waals surface area contributed by atoms with Crippen LogP contribution in [0.5, 0.6) is 0 Å². The largest absolute Gasteiger partial charge is 0.330 e. The number of hydrogen-bond acceptors (Lipinski definition) is 1. The maximum absolute atomic E-state index is 13.6. The van der Waals surface area contributed by atoms with Gasteiger partial charge in [0.15, 0.2) is 0 Å². The van der Waals surface area contributed by atoms with Crippen LogP contribution in [0.1, 0.15) is 38.2 Å². The minimum atomic E-state index is -0.177. The van der Waals surface area contributed by atoms with Crippen molar-refractivity contribution < 1.29 is 4.39 Å². The van der Waals surface area contributed by atoms with E-state index in [1.807, 2.05) is 6.07 Å². The molecule has 0 saturated heterocycles. The van der Waals surface area contributed by atoms with E-state index in [1.165, 1.54) is 18.9 Å². The van der Waals surface area contributed by atoms with Gasteiger partial charge in [-0.25, -0.2) is 4.39 Å². The average Bonchev–Trinajstić information content (AvgIpc) is 2.35. The summed E-state index contributed by atoms with van der Waals surface area (Å²) in [7, 11) is 0. The highest BCUT2D eigenvalue weighted by atomic mass is 79.9. The smallest absolute Gasteiger partial charge is 0.137 e. The Labute approximate surface area is 117 Å². The van der Waals surface area contributed by atoms with Gasteiger partial charge in [0.1, 0.15) is 5.82 Å². The molecule has 0 radical (unpaired) electrons. The minimum absolute atomic E-state index is 0.161. The molecule has 2 unspecified atom stereocenters. The molecule has 1 fully saturated rings. The molecule has 1 saturated carbocycles. The molecule has 2 N–H and O–H groups in total. The van der Waals surface area contributed by atoms with Crippen molar-refractivity contribution in [1.82, 2.24) is 0 Å². The summed E-state index contributed by atoms with van der Waals surface area (Å²) in [6, 6.07) is 5.28. The Kier molecular flexibility index (Phi) is 4.44. The SMILES string of the molecule is CC1CCCC(CN)(Cc2cccc(F)c2Br)C1. The number of hydrogen-bond donors (Lipinski definition) is 1. The number of halogens is 2. The van der Waals surface area contributed by atoms with Crippen LogP contribution in [0.4, 0.5) is 4.39 Å². The summed E-state index contributed by atoms with van der Waals surface area (Å²) in [4.78, 5) is 0. The highest BCUT2D eigenvalue weighted by Gasteiger charge is 2.34. The van der Waals surface area contributed by atoms with Gasteiger partial charge in [0.25, 0.3) is 0 Å². The maximum Gasteiger partial charge on any atom is 0.137 e. The van der Waals surface area contributed by atoms with E-state index in [0.29, 0.717) is 11.0 Å². The Morgan fingerprint density at radius 1 is 1.50 bits per heavy atom. The van der Waals surface area contributed by atoms with E-state index in [1.54, 1.807) is 6.07 Å². The predicted molar refractivity (Wildman–Crippen MR) is 76.9 cm³/mol. The summed E-state index contributed by atoms with van der Waals surface area (Å²) >= 11 is 3.36. The molecule has 100 valence electrons. The Morgan fingerprint density at radius 3 is 2.94 bits per heavy atom. The van der Waals surface area contributed by atoms with Crippen LogP contribution >= 0.6 is 15.9 Å². The van der Waals surface area contributed by atoms with Crippen LogP contribution in [0, 0.1) is 17.2 Å². The van der Waals surface area contributed by atoms with Crippen molar-refractivity contribution in [1.29, 1.82) is 0 Å². The van der Waals surface area contributed by atoms with Gasteiger partial charge < -0.3 is 5.73 Å². The highest BCUT2D eigenvalue weighted by molar-refractivity contribution is 9.10. The molecule has 1 aromatic carbocycles. The second-order valence-electron chi connectivity index (χ2n) is 5.80. The lowest BCUT2D eigenvalue weighted by atomic mass is 9.67. The molecule has 0 spiro atoms. The fourth-order valence-electron chi connectivity index (χ4n) is 3.28. The first-order valence-electron chi connectivity index (χ1n) is 6.69. The summed E-state index contributed by atoms with van der Waals surface area (Å²) in [5, 5.41) is 0. The van der Waals surface area contributed by atoms with Crippen molar-refractivity contribution in [3.63, 3.8) is 0 Å². The van der Waals surface area contributed by atoms with Gasteiger partial charge in [-0.2, -0.15) is 0 Å².